The predicted molar refractivity (Wildman–Crippen MR) is 84.9 cm³/mol. The van der Waals surface area contributed by atoms with E-state index in [2.05, 4.69) is 29.5 Å². The van der Waals surface area contributed by atoms with Crippen LogP contribution in [0.2, 0.25) is 0 Å². The molecule has 1 aromatic rings. The Morgan fingerprint density at radius 1 is 1.50 bits per heavy atom. The fourth-order valence-corrected chi connectivity index (χ4v) is 2.51. The molecule has 0 bridgehead atoms. The number of nitriles is 1. The zero-order valence-electron chi connectivity index (χ0n) is 12.2. The Morgan fingerprint density at radius 2 is 2.20 bits per heavy atom. The van der Waals surface area contributed by atoms with E-state index in [9.17, 15) is 4.79 Å². The van der Waals surface area contributed by atoms with Crippen molar-refractivity contribution >= 4 is 23.4 Å². The molecule has 20 heavy (non-hydrogen) atoms. The standard InChI is InChI=1S/C15H21N3OS/c1-12(11-20-3)18(2)9-8-15(19)17-14-7-5-4-6-13(14)10-16/h4-7,12H,8-9,11H2,1-3H3,(H,17,19). The summed E-state index contributed by atoms with van der Waals surface area (Å²) in [7, 11) is 2.03. The van der Waals surface area contributed by atoms with Gasteiger partial charge in [-0.3, -0.25) is 4.79 Å². The van der Waals surface area contributed by atoms with E-state index in [1.807, 2.05) is 13.1 Å². The van der Waals surface area contributed by atoms with E-state index in [1.165, 1.54) is 0 Å². The van der Waals surface area contributed by atoms with Gasteiger partial charge in [0.25, 0.3) is 0 Å². The monoisotopic (exact) mass is 291 g/mol. The quantitative estimate of drug-likeness (QED) is 0.839. The van der Waals surface area contributed by atoms with Crippen LogP contribution in [-0.4, -0.2) is 42.4 Å². The predicted octanol–water partition coefficient (Wildman–Crippen LogP) is 2.57. The van der Waals surface area contributed by atoms with Crippen LogP contribution in [0.25, 0.3) is 0 Å². The van der Waals surface area contributed by atoms with Crippen LogP contribution < -0.4 is 5.32 Å². The van der Waals surface area contributed by atoms with Crippen molar-refractivity contribution in [3.63, 3.8) is 0 Å². The van der Waals surface area contributed by atoms with E-state index in [-0.39, 0.29) is 5.91 Å². The number of hydrogen-bond acceptors (Lipinski definition) is 4. The number of carbonyl (C=O) groups excluding carboxylic acids is 1. The first kappa shape index (κ1) is 16.5. The van der Waals surface area contributed by atoms with Gasteiger partial charge in [-0.2, -0.15) is 17.0 Å². The second-order valence-corrected chi connectivity index (χ2v) is 5.65. The van der Waals surface area contributed by atoms with Crippen LogP contribution in [0.4, 0.5) is 5.69 Å². The highest BCUT2D eigenvalue weighted by atomic mass is 32.2. The number of nitrogens with zero attached hydrogens (tertiary/aromatic N) is 2. The highest BCUT2D eigenvalue weighted by molar-refractivity contribution is 7.98. The number of hydrogen-bond donors (Lipinski definition) is 1. The highest BCUT2D eigenvalue weighted by Gasteiger charge is 2.11. The fourth-order valence-electron chi connectivity index (χ4n) is 1.77. The summed E-state index contributed by atoms with van der Waals surface area (Å²) in [6, 6.07) is 9.56. The second kappa shape index (κ2) is 8.62. The molecular weight excluding hydrogens is 270 g/mol. The Morgan fingerprint density at radius 3 is 2.85 bits per heavy atom. The maximum Gasteiger partial charge on any atom is 0.225 e. The molecule has 0 aliphatic heterocycles. The lowest BCUT2D eigenvalue weighted by Gasteiger charge is -2.23. The summed E-state index contributed by atoms with van der Waals surface area (Å²) < 4.78 is 0. The van der Waals surface area contributed by atoms with E-state index in [0.717, 1.165) is 5.75 Å². The Hall–Kier alpha value is -1.51. The molecule has 108 valence electrons. The molecule has 1 unspecified atom stereocenters. The van der Waals surface area contributed by atoms with Gasteiger partial charge >= 0.3 is 0 Å². The minimum absolute atomic E-state index is 0.0594. The third kappa shape index (κ3) is 5.24. The molecule has 0 aromatic heterocycles. The summed E-state index contributed by atoms with van der Waals surface area (Å²) in [5, 5.41) is 11.8. The molecular formula is C15H21N3OS. The number of anilines is 1. The molecule has 0 aliphatic rings. The maximum atomic E-state index is 11.9. The molecule has 1 aromatic carbocycles. The molecule has 4 nitrogen and oxygen atoms in total. The van der Waals surface area contributed by atoms with Crippen molar-refractivity contribution in [2.24, 2.45) is 0 Å². The molecule has 1 rings (SSSR count). The van der Waals surface area contributed by atoms with Gasteiger partial charge in [-0.15, -0.1) is 0 Å². The molecule has 1 amide bonds. The minimum Gasteiger partial charge on any atom is -0.325 e. The van der Waals surface area contributed by atoms with Crippen molar-refractivity contribution < 1.29 is 4.79 Å². The number of amides is 1. The van der Waals surface area contributed by atoms with Crippen molar-refractivity contribution in [1.29, 1.82) is 5.26 Å². The molecule has 0 radical (unpaired) electrons. The van der Waals surface area contributed by atoms with Gasteiger partial charge in [-0.1, -0.05) is 12.1 Å². The van der Waals surface area contributed by atoms with Gasteiger partial charge in [-0.25, -0.2) is 0 Å². The van der Waals surface area contributed by atoms with Crippen LogP contribution in [0.15, 0.2) is 24.3 Å². The molecule has 0 spiro atoms. The summed E-state index contributed by atoms with van der Waals surface area (Å²) in [4.78, 5) is 14.1. The van der Waals surface area contributed by atoms with Crippen LogP contribution in [0.1, 0.15) is 18.9 Å². The second-order valence-electron chi connectivity index (χ2n) is 4.74. The molecule has 0 aliphatic carbocycles. The van der Waals surface area contributed by atoms with Crippen LogP contribution in [0.5, 0.6) is 0 Å². The van der Waals surface area contributed by atoms with E-state index in [4.69, 9.17) is 5.26 Å². The normalized spacial score (nSPS) is 11.9. The first-order valence-electron chi connectivity index (χ1n) is 6.56. The van der Waals surface area contributed by atoms with Crippen LogP contribution in [0, 0.1) is 11.3 Å². The van der Waals surface area contributed by atoms with Gasteiger partial charge in [0.1, 0.15) is 6.07 Å². The van der Waals surface area contributed by atoms with Gasteiger partial charge in [0, 0.05) is 24.8 Å². The summed E-state index contributed by atoms with van der Waals surface area (Å²) >= 11 is 1.80. The van der Waals surface area contributed by atoms with Gasteiger partial charge in [-0.05, 0) is 32.4 Å². The highest BCUT2D eigenvalue weighted by Crippen LogP contribution is 2.13. The van der Waals surface area contributed by atoms with Crippen LogP contribution in [0.3, 0.4) is 0 Å². The van der Waals surface area contributed by atoms with E-state index >= 15 is 0 Å². The van der Waals surface area contributed by atoms with Gasteiger partial charge in [0.15, 0.2) is 0 Å². The summed E-state index contributed by atoms with van der Waals surface area (Å²) in [5.41, 5.74) is 1.07. The number of thioether (sulfide) groups is 1. The third-order valence-electron chi connectivity index (χ3n) is 3.17. The smallest absolute Gasteiger partial charge is 0.225 e. The van der Waals surface area contributed by atoms with Crippen molar-refractivity contribution in [2.45, 2.75) is 19.4 Å². The lowest BCUT2D eigenvalue weighted by molar-refractivity contribution is -0.116. The largest absolute Gasteiger partial charge is 0.325 e. The van der Waals surface area contributed by atoms with Crippen LogP contribution >= 0.6 is 11.8 Å². The van der Waals surface area contributed by atoms with Crippen LogP contribution in [-0.2, 0) is 4.79 Å². The molecule has 5 heteroatoms. The number of nitrogens with one attached hydrogen (secondary N) is 1. The van der Waals surface area contributed by atoms with Crippen molar-refractivity contribution in [1.82, 2.24) is 4.90 Å². The average molecular weight is 291 g/mol. The molecule has 1 atom stereocenters. The zero-order chi connectivity index (χ0) is 15.0. The first-order chi connectivity index (χ1) is 9.58. The van der Waals surface area contributed by atoms with E-state index in [1.54, 1.807) is 30.0 Å². The lowest BCUT2D eigenvalue weighted by atomic mass is 10.2. The summed E-state index contributed by atoms with van der Waals surface area (Å²) in [6.07, 6.45) is 2.50. The molecule has 0 fully saturated rings. The lowest BCUT2D eigenvalue weighted by Crippen LogP contribution is -2.33. The van der Waals surface area contributed by atoms with E-state index < -0.39 is 0 Å². The Labute approximate surface area is 125 Å². The third-order valence-corrected chi connectivity index (χ3v) is 3.99. The summed E-state index contributed by atoms with van der Waals surface area (Å²) in [6.45, 7) is 2.86. The van der Waals surface area contributed by atoms with Gasteiger partial charge < -0.3 is 10.2 Å². The SMILES string of the molecule is CSCC(C)N(C)CCC(=O)Nc1ccccc1C#N. The first-order valence-corrected chi connectivity index (χ1v) is 7.96. The topological polar surface area (TPSA) is 56.1 Å². The molecule has 0 saturated carbocycles. The van der Waals surface area contributed by atoms with Crippen molar-refractivity contribution in [3.05, 3.63) is 29.8 Å². The number of rotatable bonds is 7. The maximum absolute atomic E-state index is 11.9. The minimum atomic E-state index is -0.0594. The molecule has 0 heterocycles. The van der Waals surface area contributed by atoms with Gasteiger partial charge in [0.2, 0.25) is 5.91 Å². The Kier molecular flexibility index (Phi) is 7.13. The number of benzene rings is 1. The summed E-state index contributed by atoms with van der Waals surface area (Å²) in [5.74, 6) is 0.992. The number of para-hydroxylation sites is 1. The average Bonchev–Trinajstić information content (AvgIpc) is 2.45. The Bertz CT molecular complexity index is 484. The van der Waals surface area contributed by atoms with Crippen molar-refractivity contribution in [3.8, 4) is 6.07 Å². The van der Waals surface area contributed by atoms with E-state index in [0.29, 0.717) is 30.3 Å². The van der Waals surface area contributed by atoms with Gasteiger partial charge in [0.05, 0.1) is 11.3 Å². The fraction of sp³-hybridized carbons (Fsp3) is 0.467. The molecule has 1 N–H and O–H groups in total. The number of carbonyl (C=O) groups is 1. The zero-order valence-corrected chi connectivity index (χ0v) is 13.0. The molecule has 0 saturated heterocycles. The Balaban J connectivity index is 2.46. The van der Waals surface area contributed by atoms with Crippen molar-refractivity contribution in [2.75, 3.05) is 30.9 Å².